The van der Waals surface area contributed by atoms with Crippen molar-refractivity contribution in [2.45, 2.75) is 9.29 Å². The SMILES string of the molecule is O=c1nc(Nc2ccccc2)ccn1C(=N[C@@H](Cl)c1ccccc1)C(Cl)(Cl)Cl. The number of hydrogen-bond donors (Lipinski definition) is 1. The number of anilines is 2. The predicted octanol–water partition coefficient (Wildman–Crippen LogP) is 5.54. The van der Waals surface area contributed by atoms with E-state index in [2.05, 4.69) is 15.3 Å². The number of para-hydroxylation sites is 1. The number of benzene rings is 2. The number of halogens is 4. The minimum Gasteiger partial charge on any atom is -0.340 e. The molecule has 0 aliphatic heterocycles. The normalized spacial score (nSPS) is 13.2. The van der Waals surface area contributed by atoms with Crippen LogP contribution in [0.3, 0.4) is 0 Å². The van der Waals surface area contributed by atoms with Crippen molar-refractivity contribution in [3.63, 3.8) is 0 Å². The van der Waals surface area contributed by atoms with Gasteiger partial charge in [0.2, 0.25) is 3.79 Å². The molecule has 28 heavy (non-hydrogen) atoms. The molecule has 2 aromatic carbocycles. The number of hydrogen-bond acceptors (Lipinski definition) is 4. The quantitative estimate of drug-likeness (QED) is 0.243. The Balaban J connectivity index is 1.95. The topological polar surface area (TPSA) is 59.3 Å². The van der Waals surface area contributed by atoms with Crippen LogP contribution in [-0.4, -0.2) is 19.2 Å². The Bertz CT molecular complexity index is 1020. The number of rotatable bonds is 4. The summed E-state index contributed by atoms with van der Waals surface area (Å²) in [7, 11) is 0. The Kier molecular flexibility index (Phi) is 6.62. The molecule has 0 radical (unpaired) electrons. The van der Waals surface area contributed by atoms with Crippen LogP contribution < -0.4 is 11.0 Å². The van der Waals surface area contributed by atoms with E-state index in [9.17, 15) is 4.79 Å². The Hall–Kier alpha value is -2.05. The smallest absolute Gasteiger partial charge is 0.340 e. The highest BCUT2D eigenvalue weighted by Gasteiger charge is 2.31. The zero-order valence-electron chi connectivity index (χ0n) is 14.3. The first-order valence-electron chi connectivity index (χ1n) is 8.11. The molecule has 0 unspecified atom stereocenters. The van der Waals surface area contributed by atoms with Crippen molar-refractivity contribution in [3.8, 4) is 0 Å². The molecule has 3 aromatic rings. The second-order valence-electron chi connectivity index (χ2n) is 5.65. The maximum absolute atomic E-state index is 12.5. The van der Waals surface area contributed by atoms with Gasteiger partial charge in [0.05, 0.1) is 0 Å². The zero-order valence-corrected chi connectivity index (χ0v) is 17.3. The molecule has 0 spiro atoms. The molecule has 0 aliphatic carbocycles. The summed E-state index contributed by atoms with van der Waals surface area (Å²) in [5.74, 6) is 0.201. The maximum Gasteiger partial charge on any atom is 0.355 e. The van der Waals surface area contributed by atoms with Gasteiger partial charge in [0.1, 0.15) is 5.82 Å². The Morgan fingerprint density at radius 2 is 1.61 bits per heavy atom. The van der Waals surface area contributed by atoms with E-state index in [0.29, 0.717) is 11.4 Å². The van der Waals surface area contributed by atoms with Gasteiger partial charge in [0, 0.05) is 11.9 Å². The zero-order chi connectivity index (χ0) is 20.1. The van der Waals surface area contributed by atoms with E-state index < -0.39 is 15.0 Å². The van der Waals surface area contributed by atoms with Crippen molar-refractivity contribution in [2.24, 2.45) is 4.99 Å². The maximum atomic E-state index is 12.5. The molecule has 0 amide bonds. The van der Waals surface area contributed by atoms with E-state index in [4.69, 9.17) is 46.4 Å². The molecule has 1 atom stereocenters. The summed E-state index contributed by atoms with van der Waals surface area (Å²) in [6, 6.07) is 19.9. The number of aliphatic imine (C=N–C) groups is 1. The van der Waals surface area contributed by atoms with Crippen LogP contribution >= 0.6 is 46.4 Å². The predicted molar refractivity (Wildman–Crippen MR) is 116 cm³/mol. The van der Waals surface area contributed by atoms with E-state index in [0.717, 1.165) is 10.3 Å². The summed E-state index contributed by atoms with van der Waals surface area (Å²) in [6.45, 7) is 0. The Morgan fingerprint density at radius 1 is 1.00 bits per heavy atom. The largest absolute Gasteiger partial charge is 0.355 e. The van der Waals surface area contributed by atoms with Crippen molar-refractivity contribution >= 4 is 63.7 Å². The third-order valence-electron chi connectivity index (χ3n) is 3.64. The van der Waals surface area contributed by atoms with E-state index in [1.807, 2.05) is 48.5 Å². The number of alkyl halides is 4. The van der Waals surface area contributed by atoms with Crippen LogP contribution in [0.1, 0.15) is 11.1 Å². The van der Waals surface area contributed by atoms with E-state index in [1.54, 1.807) is 18.2 Å². The summed E-state index contributed by atoms with van der Waals surface area (Å²) in [5.41, 5.74) is -0.0320. The molecule has 1 N–H and O–H groups in total. The van der Waals surface area contributed by atoms with Gasteiger partial charge in [-0.2, -0.15) is 4.98 Å². The average molecular weight is 456 g/mol. The van der Waals surface area contributed by atoms with Gasteiger partial charge in [-0.15, -0.1) is 0 Å². The molecule has 0 saturated heterocycles. The summed E-state index contributed by atoms with van der Waals surface area (Å²) in [4.78, 5) is 20.8. The lowest BCUT2D eigenvalue weighted by atomic mass is 10.2. The molecule has 5 nitrogen and oxygen atoms in total. The van der Waals surface area contributed by atoms with E-state index >= 15 is 0 Å². The van der Waals surface area contributed by atoms with Crippen molar-refractivity contribution < 1.29 is 0 Å². The number of aromatic nitrogens is 2. The minimum absolute atomic E-state index is 0.148. The lowest BCUT2D eigenvalue weighted by Crippen LogP contribution is -2.37. The van der Waals surface area contributed by atoms with Crippen molar-refractivity contribution in [3.05, 3.63) is 89.0 Å². The second-order valence-corrected chi connectivity index (χ2v) is 8.35. The molecule has 0 saturated carbocycles. The van der Waals surface area contributed by atoms with Gasteiger partial charge in [0.25, 0.3) is 0 Å². The highest BCUT2D eigenvalue weighted by molar-refractivity contribution is 6.76. The first kappa shape index (κ1) is 20.7. The van der Waals surface area contributed by atoms with Gasteiger partial charge in [-0.3, -0.25) is 4.57 Å². The number of nitrogens with one attached hydrogen (secondary N) is 1. The molecule has 1 heterocycles. The van der Waals surface area contributed by atoms with Crippen LogP contribution in [0.5, 0.6) is 0 Å². The molecule has 0 fully saturated rings. The summed E-state index contributed by atoms with van der Waals surface area (Å²) >= 11 is 24.5. The molecule has 0 bridgehead atoms. The fourth-order valence-corrected chi connectivity index (χ4v) is 3.03. The molecule has 9 heteroatoms. The Labute approximate surface area is 181 Å². The molecule has 144 valence electrons. The third-order valence-corrected chi connectivity index (χ3v) is 4.50. The molecule has 1 aromatic heterocycles. The summed E-state index contributed by atoms with van der Waals surface area (Å²) in [5, 5.41) is 3.03. The highest BCUT2D eigenvalue weighted by atomic mass is 35.6. The summed E-state index contributed by atoms with van der Waals surface area (Å²) in [6.07, 6.45) is 1.43. The lowest BCUT2D eigenvalue weighted by molar-refractivity contribution is 0.908. The molecular formula is C19H14Cl4N4O. The van der Waals surface area contributed by atoms with E-state index in [1.165, 1.54) is 6.20 Å². The van der Waals surface area contributed by atoms with Crippen LogP contribution in [-0.2, 0) is 0 Å². The number of nitrogens with zero attached hydrogens (tertiary/aromatic N) is 3. The van der Waals surface area contributed by atoms with Crippen molar-refractivity contribution in [2.75, 3.05) is 5.32 Å². The van der Waals surface area contributed by atoms with Crippen LogP contribution in [0, 0.1) is 0 Å². The fraction of sp³-hybridized carbons (Fsp3) is 0.105. The highest BCUT2D eigenvalue weighted by Crippen LogP contribution is 2.32. The van der Waals surface area contributed by atoms with Crippen molar-refractivity contribution in [1.82, 2.24) is 9.55 Å². The van der Waals surface area contributed by atoms with E-state index in [-0.39, 0.29) is 5.84 Å². The van der Waals surface area contributed by atoms with Gasteiger partial charge in [0.15, 0.2) is 11.3 Å². The monoisotopic (exact) mass is 454 g/mol. The van der Waals surface area contributed by atoms with Crippen LogP contribution in [0.25, 0.3) is 0 Å². The van der Waals surface area contributed by atoms with Gasteiger partial charge >= 0.3 is 5.69 Å². The Morgan fingerprint density at radius 3 is 2.18 bits per heavy atom. The minimum atomic E-state index is -1.98. The average Bonchev–Trinajstić information content (AvgIpc) is 2.67. The third kappa shape index (κ3) is 5.26. The molecular weight excluding hydrogens is 442 g/mol. The first-order chi connectivity index (χ1) is 13.3. The standard InChI is InChI=1S/C19H14Cl4N4O/c20-16(13-7-3-1-4-8-13)26-17(19(21,22)23)27-12-11-15(25-18(27)28)24-14-9-5-2-6-10-14/h1-12,16H,(H,24,25,28)/t16-/m1/s1. The second kappa shape index (κ2) is 8.97. The van der Waals surface area contributed by atoms with Gasteiger partial charge < -0.3 is 5.32 Å². The van der Waals surface area contributed by atoms with Gasteiger partial charge in [-0.1, -0.05) is 94.9 Å². The summed E-state index contributed by atoms with van der Waals surface area (Å²) < 4.78 is -0.927. The molecule has 3 rings (SSSR count). The molecule has 0 aliphatic rings. The lowest BCUT2D eigenvalue weighted by Gasteiger charge is -2.18. The van der Waals surface area contributed by atoms with Crippen LogP contribution in [0.2, 0.25) is 0 Å². The first-order valence-corrected chi connectivity index (χ1v) is 9.68. The van der Waals surface area contributed by atoms with Crippen molar-refractivity contribution in [1.29, 1.82) is 0 Å². The van der Waals surface area contributed by atoms with Crippen LogP contribution in [0.15, 0.2) is 82.7 Å². The van der Waals surface area contributed by atoms with Gasteiger partial charge in [-0.05, 0) is 23.8 Å². The van der Waals surface area contributed by atoms with Gasteiger partial charge in [-0.25, -0.2) is 9.79 Å². The van der Waals surface area contributed by atoms with Crippen LogP contribution in [0.4, 0.5) is 11.5 Å². The fourth-order valence-electron chi connectivity index (χ4n) is 2.37.